The highest BCUT2D eigenvalue weighted by molar-refractivity contribution is 5.75. The first-order valence-corrected chi connectivity index (χ1v) is 8.84. The molecular weight excluding hydrogens is 312 g/mol. The van der Waals surface area contributed by atoms with Gasteiger partial charge in [0.2, 0.25) is 0 Å². The molecule has 25 heavy (non-hydrogen) atoms. The normalized spacial score (nSPS) is 14.0. The molecule has 2 N–H and O–H groups in total. The van der Waals surface area contributed by atoms with E-state index in [-0.39, 0.29) is 11.5 Å². The number of hydrogen-bond acceptors (Lipinski definition) is 3. The Balaban J connectivity index is 1.87. The number of aromatic hydroxyl groups is 2. The zero-order valence-corrected chi connectivity index (χ0v) is 14.3. The van der Waals surface area contributed by atoms with Crippen molar-refractivity contribution in [3.8, 4) is 34.0 Å². The molecule has 0 unspecified atom stereocenters. The standard InChI is InChI=1S/C21H22N2O2/c1-2-19-20(15-5-9-17(24)10-6-15)22-23(13-14-3-4-14)21(19)16-7-11-18(25)12-8-16/h5-12,14,24-25H,2-4,13H2,1H3. The highest BCUT2D eigenvalue weighted by Crippen LogP contribution is 2.37. The smallest absolute Gasteiger partial charge is 0.115 e. The van der Waals surface area contributed by atoms with E-state index in [2.05, 4.69) is 11.6 Å². The summed E-state index contributed by atoms with van der Waals surface area (Å²) in [5, 5.41) is 24.1. The third kappa shape index (κ3) is 3.12. The van der Waals surface area contributed by atoms with E-state index in [0.29, 0.717) is 5.92 Å². The summed E-state index contributed by atoms with van der Waals surface area (Å²) in [7, 11) is 0. The van der Waals surface area contributed by atoms with Crippen LogP contribution in [0.2, 0.25) is 0 Å². The fourth-order valence-corrected chi connectivity index (χ4v) is 3.30. The molecule has 0 bridgehead atoms. The zero-order chi connectivity index (χ0) is 17.4. The van der Waals surface area contributed by atoms with Crippen LogP contribution < -0.4 is 0 Å². The number of aromatic nitrogens is 2. The van der Waals surface area contributed by atoms with Gasteiger partial charge in [0, 0.05) is 23.2 Å². The van der Waals surface area contributed by atoms with Crippen molar-refractivity contribution in [3.05, 3.63) is 54.1 Å². The minimum atomic E-state index is 0.262. The predicted octanol–water partition coefficient (Wildman–Crippen LogP) is 4.60. The van der Waals surface area contributed by atoms with E-state index in [1.165, 1.54) is 18.4 Å². The highest BCUT2D eigenvalue weighted by atomic mass is 16.3. The summed E-state index contributed by atoms with van der Waals surface area (Å²) < 4.78 is 2.13. The lowest BCUT2D eigenvalue weighted by molar-refractivity contribution is 0.475. The third-order valence-corrected chi connectivity index (χ3v) is 4.81. The summed E-state index contributed by atoms with van der Waals surface area (Å²) in [6.07, 6.45) is 3.41. The molecule has 128 valence electrons. The Bertz CT molecular complexity index is 876. The summed E-state index contributed by atoms with van der Waals surface area (Å²) in [6, 6.07) is 14.6. The molecule has 0 amide bonds. The van der Waals surface area contributed by atoms with E-state index < -0.39 is 0 Å². The maximum atomic E-state index is 9.62. The van der Waals surface area contributed by atoms with Crippen molar-refractivity contribution in [3.63, 3.8) is 0 Å². The quantitative estimate of drug-likeness (QED) is 0.717. The van der Waals surface area contributed by atoms with Crippen LogP contribution in [-0.2, 0) is 13.0 Å². The second kappa shape index (κ2) is 6.28. The molecule has 1 aliphatic carbocycles. The van der Waals surface area contributed by atoms with Crippen LogP contribution in [0.25, 0.3) is 22.5 Å². The minimum absolute atomic E-state index is 0.262. The van der Waals surface area contributed by atoms with Crippen molar-refractivity contribution in [2.75, 3.05) is 0 Å². The van der Waals surface area contributed by atoms with Gasteiger partial charge in [-0.3, -0.25) is 4.68 Å². The van der Waals surface area contributed by atoms with Gasteiger partial charge >= 0.3 is 0 Å². The molecule has 0 aliphatic heterocycles. The number of phenolic OH excluding ortho intramolecular Hbond substituents is 2. The molecule has 1 fully saturated rings. The van der Waals surface area contributed by atoms with Crippen molar-refractivity contribution in [2.45, 2.75) is 32.7 Å². The lowest BCUT2D eigenvalue weighted by Gasteiger charge is -2.09. The zero-order valence-electron chi connectivity index (χ0n) is 14.3. The molecule has 1 saturated carbocycles. The van der Waals surface area contributed by atoms with Crippen LogP contribution >= 0.6 is 0 Å². The van der Waals surface area contributed by atoms with Gasteiger partial charge in [-0.05, 0) is 73.7 Å². The average Bonchev–Trinajstić information content (AvgIpc) is 3.36. The molecule has 1 aliphatic rings. The molecule has 0 spiro atoms. The minimum Gasteiger partial charge on any atom is -0.508 e. The van der Waals surface area contributed by atoms with E-state index >= 15 is 0 Å². The number of phenols is 2. The average molecular weight is 334 g/mol. The fraction of sp³-hybridized carbons (Fsp3) is 0.286. The van der Waals surface area contributed by atoms with Gasteiger partial charge in [-0.15, -0.1) is 0 Å². The monoisotopic (exact) mass is 334 g/mol. The lowest BCUT2D eigenvalue weighted by Crippen LogP contribution is -2.04. The summed E-state index contributed by atoms with van der Waals surface area (Å²) >= 11 is 0. The Morgan fingerprint density at radius 3 is 2.00 bits per heavy atom. The largest absolute Gasteiger partial charge is 0.508 e. The highest BCUT2D eigenvalue weighted by Gasteiger charge is 2.26. The second-order valence-electron chi connectivity index (χ2n) is 6.75. The summed E-state index contributed by atoms with van der Waals surface area (Å²) in [4.78, 5) is 0. The Kier molecular flexibility index (Phi) is 3.96. The van der Waals surface area contributed by atoms with Crippen LogP contribution in [0.3, 0.4) is 0 Å². The molecular formula is C21H22N2O2. The van der Waals surface area contributed by atoms with Crippen LogP contribution in [0.5, 0.6) is 11.5 Å². The van der Waals surface area contributed by atoms with Gasteiger partial charge in [-0.25, -0.2) is 0 Å². The van der Waals surface area contributed by atoms with Crippen LogP contribution in [0.15, 0.2) is 48.5 Å². The molecule has 2 aromatic carbocycles. The molecule has 4 rings (SSSR count). The van der Waals surface area contributed by atoms with E-state index in [1.54, 1.807) is 24.3 Å². The molecule has 3 aromatic rings. The SMILES string of the molecule is CCc1c(-c2ccc(O)cc2)nn(CC2CC2)c1-c1ccc(O)cc1. The summed E-state index contributed by atoms with van der Waals surface area (Å²) in [6.45, 7) is 3.08. The number of rotatable bonds is 5. The number of benzene rings is 2. The molecule has 0 saturated heterocycles. The number of nitrogens with zero attached hydrogens (tertiary/aromatic N) is 2. The predicted molar refractivity (Wildman–Crippen MR) is 98.5 cm³/mol. The van der Waals surface area contributed by atoms with Gasteiger partial charge in [0.05, 0.1) is 11.4 Å². The molecule has 0 radical (unpaired) electrons. The van der Waals surface area contributed by atoms with Crippen molar-refractivity contribution in [2.24, 2.45) is 5.92 Å². The molecule has 4 nitrogen and oxygen atoms in total. The van der Waals surface area contributed by atoms with Crippen LogP contribution in [-0.4, -0.2) is 20.0 Å². The van der Waals surface area contributed by atoms with Gasteiger partial charge in [0.1, 0.15) is 11.5 Å². The van der Waals surface area contributed by atoms with Crippen molar-refractivity contribution < 1.29 is 10.2 Å². The Morgan fingerprint density at radius 1 is 0.920 bits per heavy atom. The fourth-order valence-electron chi connectivity index (χ4n) is 3.30. The van der Waals surface area contributed by atoms with Crippen LogP contribution in [0, 0.1) is 5.92 Å². The molecule has 4 heteroatoms. The molecule has 0 atom stereocenters. The van der Waals surface area contributed by atoms with E-state index in [4.69, 9.17) is 5.10 Å². The molecule has 1 aromatic heterocycles. The third-order valence-electron chi connectivity index (χ3n) is 4.81. The van der Waals surface area contributed by atoms with Gasteiger partial charge in [0.15, 0.2) is 0 Å². The lowest BCUT2D eigenvalue weighted by atomic mass is 9.99. The van der Waals surface area contributed by atoms with Crippen LogP contribution in [0.4, 0.5) is 0 Å². The first-order valence-electron chi connectivity index (χ1n) is 8.84. The van der Waals surface area contributed by atoms with E-state index in [9.17, 15) is 10.2 Å². The van der Waals surface area contributed by atoms with Crippen molar-refractivity contribution in [1.29, 1.82) is 0 Å². The first-order chi connectivity index (χ1) is 12.2. The Labute approximate surface area is 147 Å². The summed E-state index contributed by atoms with van der Waals surface area (Å²) in [5.74, 6) is 1.25. The topological polar surface area (TPSA) is 58.3 Å². The summed E-state index contributed by atoms with van der Waals surface area (Å²) in [5.41, 5.74) is 5.41. The van der Waals surface area contributed by atoms with Gasteiger partial charge in [0.25, 0.3) is 0 Å². The first kappa shape index (κ1) is 15.8. The van der Waals surface area contributed by atoms with E-state index in [0.717, 1.165) is 35.5 Å². The maximum absolute atomic E-state index is 9.62. The second-order valence-corrected chi connectivity index (χ2v) is 6.75. The van der Waals surface area contributed by atoms with Crippen LogP contribution in [0.1, 0.15) is 25.3 Å². The number of hydrogen-bond donors (Lipinski definition) is 2. The van der Waals surface area contributed by atoms with Crippen molar-refractivity contribution >= 4 is 0 Å². The Morgan fingerprint density at radius 2 is 1.48 bits per heavy atom. The Hall–Kier alpha value is -2.75. The van der Waals surface area contributed by atoms with Crippen molar-refractivity contribution in [1.82, 2.24) is 9.78 Å². The van der Waals surface area contributed by atoms with E-state index in [1.807, 2.05) is 24.3 Å². The maximum Gasteiger partial charge on any atom is 0.115 e. The van der Waals surface area contributed by atoms with Gasteiger partial charge in [-0.1, -0.05) is 6.92 Å². The van der Waals surface area contributed by atoms with Gasteiger partial charge in [-0.2, -0.15) is 5.10 Å². The van der Waals surface area contributed by atoms with Gasteiger partial charge < -0.3 is 10.2 Å². The molecule has 1 heterocycles.